The summed E-state index contributed by atoms with van der Waals surface area (Å²) in [7, 11) is 1.46. The lowest BCUT2D eigenvalue weighted by molar-refractivity contribution is -0.137. The summed E-state index contributed by atoms with van der Waals surface area (Å²) in [5.74, 6) is -2.77. The highest BCUT2D eigenvalue weighted by Gasteiger charge is 2.34. The fourth-order valence-electron chi connectivity index (χ4n) is 4.11. The molecule has 202 valence electrons. The summed E-state index contributed by atoms with van der Waals surface area (Å²) in [6.07, 6.45) is 1.82. The molecular formula is C28H30FNO8. The SMILES string of the molecule is COc1c(C)c2c(c(OC(=O)CCC(=O)NCc3ccccc3F)c1C/C=C(\C)CCC(=O)O)C(=O)OC2. The van der Waals surface area contributed by atoms with Crippen LogP contribution < -0.4 is 14.8 Å². The van der Waals surface area contributed by atoms with E-state index < -0.39 is 29.6 Å². The van der Waals surface area contributed by atoms with E-state index in [2.05, 4.69) is 5.32 Å². The molecule has 0 atom stereocenters. The summed E-state index contributed by atoms with van der Waals surface area (Å²) < 4.78 is 30.2. The lowest BCUT2D eigenvalue weighted by Crippen LogP contribution is -2.24. The van der Waals surface area contributed by atoms with Gasteiger partial charge < -0.3 is 24.6 Å². The number of carboxylic acid groups (broad SMARTS) is 1. The number of halogens is 1. The molecule has 9 nitrogen and oxygen atoms in total. The van der Waals surface area contributed by atoms with Gasteiger partial charge in [0, 0.05) is 36.1 Å². The largest absolute Gasteiger partial charge is 0.496 e. The van der Waals surface area contributed by atoms with Crippen molar-refractivity contribution in [2.24, 2.45) is 0 Å². The number of benzene rings is 2. The van der Waals surface area contributed by atoms with Crippen LogP contribution in [0.4, 0.5) is 4.39 Å². The number of cyclic esters (lactones) is 1. The Bertz CT molecular complexity index is 1280. The minimum absolute atomic E-state index is 0.00370. The molecule has 10 heteroatoms. The molecule has 1 aliphatic heterocycles. The number of carbonyl (C=O) groups excluding carboxylic acids is 3. The van der Waals surface area contributed by atoms with Gasteiger partial charge in [-0.05, 0) is 38.3 Å². The predicted molar refractivity (Wildman–Crippen MR) is 134 cm³/mol. The summed E-state index contributed by atoms with van der Waals surface area (Å²) in [6, 6.07) is 6.04. The number of fused-ring (bicyclic) bond motifs is 1. The van der Waals surface area contributed by atoms with Gasteiger partial charge in [0.2, 0.25) is 5.91 Å². The number of carbonyl (C=O) groups is 4. The van der Waals surface area contributed by atoms with Crippen LogP contribution in [0, 0.1) is 12.7 Å². The minimum atomic E-state index is -0.918. The third-order valence-corrected chi connectivity index (χ3v) is 6.22. The molecule has 0 fully saturated rings. The van der Waals surface area contributed by atoms with Gasteiger partial charge in [0.05, 0.1) is 13.5 Å². The Kier molecular flexibility index (Phi) is 9.59. The first-order valence-electron chi connectivity index (χ1n) is 12.1. The molecule has 0 bridgehead atoms. The average molecular weight is 528 g/mol. The Morgan fingerprint density at radius 3 is 2.55 bits per heavy atom. The van der Waals surface area contributed by atoms with Crippen LogP contribution in [0.3, 0.4) is 0 Å². The summed E-state index contributed by atoms with van der Waals surface area (Å²) in [6.45, 7) is 3.55. The number of hydrogen-bond acceptors (Lipinski definition) is 7. The van der Waals surface area contributed by atoms with Gasteiger partial charge >= 0.3 is 17.9 Å². The molecule has 0 aromatic heterocycles. The predicted octanol–water partition coefficient (Wildman–Crippen LogP) is 4.17. The number of hydrogen-bond donors (Lipinski definition) is 2. The van der Waals surface area contributed by atoms with E-state index in [4.69, 9.17) is 19.3 Å². The molecular weight excluding hydrogens is 497 g/mol. The van der Waals surface area contributed by atoms with E-state index >= 15 is 0 Å². The monoisotopic (exact) mass is 527 g/mol. The third-order valence-electron chi connectivity index (χ3n) is 6.22. The van der Waals surface area contributed by atoms with E-state index in [1.165, 1.54) is 13.2 Å². The van der Waals surface area contributed by atoms with Crippen LogP contribution in [0.15, 0.2) is 35.9 Å². The molecule has 3 rings (SSSR count). The number of allylic oxidation sites excluding steroid dienone is 2. The number of aliphatic carboxylic acids is 1. The summed E-state index contributed by atoms with van der Waals surface area (Å²) in [5.41, 5.74) is 2.92. The number of esters is 2. The normalized spacial score (nSPS) is 12.5. The van der Waals surface area contributed by atoms with Gasteiger partial charge in [0.25, 0.3) is 0 Å². The zero-order valence-corrected chi connectivity index (χ0v) is 21.5. The molecule has 0 saturated heterocycles. The zero-order valence-electron chi connectivity index (χ0n) is 21.5. The number of carboxylic acids is 1. The van der Waals surface area contributed by atoms with Crippen LogP contribution in [-0.4, -0.2) is 36.0 Å². The van der Waals surface area contributed by atoms with Gasteiger partial charge in [0.15, 0.2) is 5.75 Å². The highest BCUT2D eigenvalue weighted by Crippen LogP contribution is 2.43. The number of methoxy groups -OCH3 is 1. The molecule has 2 aromatic rings. The van der Waals surface area contributed by atoms with Crippen molar-refractivity contribution < 1.29 is 42.9 Å². The molecule has 0 radical (unpaired) electrons. The van der Waals surface area contributed by atoms with E-state index in [1.807, 2.05) is 0 Å². The highest BCUT2D eigenvalue weighted by molar-refractivity contribution is 5.99. The van der Waals surface area contributed by atoms with Gasteiger partial charge in [-0.1, -0.05) is 29.8 Å². The maximum absolute atomic E-state index is 13.8. The third kappa shape index (κ3) is 6.96. The lowest BCUT2D eigenvalue weighted by atomic mass is 9.94. The van der Waals surface area contributed by atoms with Gasteiger partial charge in [-0.25, -0.2) is 9.18 Å². The first kappa shape index (κ1) is 28.4. The molecule has 1 heterocycles. The van der Waals surface area contributed by atoms with Crippen molar-refractivity contribution in [3.63, 3.8) is 0 Å². The number of ether oxygens (including phenoxy) is 3. The molecule has 2 N–H and O–H groups in total. The Morgan fingerprint density at radius 1 is 1.13 bits per heavy atom. The van der Waals surface area contributed by atoms with E-state index in [0.717, 1.165) is 5.57 Å². The van der Waals surface area contributed by atoms with Crippen LogP contribution in [-0.2, 0) is 38.7 Å². The van der Waals surface area contributed by atoms with E-state index in [1.54, 1.807) is 38.1 Å². The van der Waals surface area contributed by atoms with Gasteiger partial charge in [-0.3, -0.25) is 14.4 Å². The molecule has 0 saturated carbocycles. The fourth-order valence-corrected chi connectivity index (χ4v) is 4.11. The Labute approximate surface area is 219 Å². The molecule has 38 heavy (non-hydrogen) atoms. The zero-order chi connectivity index (χ0) is 27.8. The van der Waals surface area contributed by atoms with Gasteiger partial charge in [0.1, 0.15) is 23.7 Å². The number of nitrogens with one attached hydrogen (secondary N) is 1. The Balaban J connectivity index is 1.78. The van der Waals surface area contributed by atoms with Crippen LogP contribution in [0.5, 0.6) is 11.5 Å². The molecule has 0 unspecified atom stereocenters. The summed E-state index contributed by atoms with van der Waals surface area (Å²) >= 11 is 0. The smallest absolute Gasteiger partial charge is 0.342 e. The maximum atomic E-state index is 13.8. The van der Waals surface area contributed by atoms with E-state index in [-0.39, 0.29) is 50.1 Å². The standard InChI is InChI=1S/C28H30FNO8/c1-16(9-12-23(32)33)8-10-19-26(36-3)17(2)20-15-37-28(35)25(20)27(19)38-24(34)13-11-22(31)30-14-18-6-4-5-7-21(18)29/h4-8H,9-15H2,1-3H3,(H,30,31)(H,32,33)/b16-8+. The molecule has 1 amide bonds. The van der Waals surface area contributed by atoms with Crippen molar-refractivity contribution in [2.45, 2.75) is 59.1 Å². The topological polar surface area (TPSA) is 128 Å². The van der Waals surface area contributed by atoms with Crippen LogP contribution in [0.25, 0.3) is 0 Å². The minimum Gasteiger partial charge on any atom is -0.496 e. The van der Waals surface area contributed by atoms with Crippen LogP contribution in [0.1, 0.15) is 65.2 Å². The fraction of sp³-hybridized carbons (Fsp3) is 0.357. The van der Waals surface area contributed by atoms with Crippen molar-refractivity contribution in [3.05, 3.63) is 69.5 Å². The first-order chi connectivity index (χ1) is 18.1. The Hall–Kier alpha value is -4.21. The highest BCUT2D eigenvalue weighted by atomic mass is 19.1. The molecule has 0 spiro atoms. The second kappa shape index (κ2) is 12.8. The second-order valence-electron chi connectivity index (χ2n) is 8.89. The number of rotatable bonds is 12. The van der Waals surface area contributed by atoms with Crippen LogP contribution >= 0.6 is 0 Å². The second-order valence-corrected chi connectivity index (χ2v) is 8.89. The van der Waals surface area contributed by atoms with Crippen molar-refractivity contribution in [3.8, 4) is 11.5 Å². The van der Waals surface area contributed by atoms with Crippen molar-refractivity contribution >= 4 is 23.8 Å². The van der Waals surface area contributed by atoms with Crippen molar-refractivity contribution in [1.82, 2.24) is 5.32 Å². The van der Waals surface area contributed by atoms with E-state index in [9.17, 15) is 23.6 Å². The quantitative estimate of drug-likeness (QED) is 0.239. The number of amides is 1. The van der Waals surface area contributed by atoms with Crippen LogP contribution in [0.2, 0.25) is 0 Å². The Morgan fingerprint density at radius 2 is 1.87 bits per heavy atom. The van der Waals surface area contributed by atoms with Gasteiger partial charge in [-0.2, -0.15) is 0 Å². The summed E-state index contributed by atoms with van der Waals surface area (Å²) in [4.78, 5) is 48.5. The van der Waals surface area contributed by atoms with Crippen molar-refractivity contribution in [1.29, 1.82) is 0 Å². The molecule has 1 aliphatic rings. The molecule has 2 aromatic carbocycles. The van der Waals surface area contributed by atoms with E-state index in [0.29, 0.717) is 34.4 Å². The van der Waals surface area contributed by atoms with Crippen molar-refractivity contribution in [2.75, 3.05) is 7.11 Å². The maximum Gasteiger partial charge on any atom is 0.342 e. The average Bonchev–Trinajstić information content (AvgIpc) is 3.28. The van der Waals surface area contributed by atoms with Gasteiger partial charge in [-0.15, -0.1) is 0 Å². The molecule has 0 aliphatic carbocycles. The first-order valence-corrected chi connectivity index (χ1v) is 12.1. The lowest BCUT2D eigenvalue weighted by Gasteiger charge is -2.19. The summed E-state index contributed by atoms with van der Waals surface area (Å²) in [5, 5.41) is 11.5.